The van der Waals surface area contributed by atoms with Crippen molar-refractivity contribution in [2.24, 2.45) is 17.8 Å². The van der Waals surface area contributed by atoms with Crippen LogP contribution in [0.2, 0.25) is 0 Å². The summed E-state index contributed by atoms with van der Waals surface area (Å²) in [6.07, 6.45) is 20.4. The summed E-state index contributed by atoms with van der Waals surface area (Å²) < 4.78 is 83.6. The summed E-state index contributed by atoms with van der Waals surface area (Å²) in [6.45, 7) is 1.22. The van der Waals surface area contributed by atoms with Gasteiger partial charge in [-0.25, -0.2) is 0 Å². The minimum atomic E-state index is -4.32. The van der Waals surface area contributed by atoms with Gasteiger partial charge < -0.3 is 4.74 Å². The van der Waals surface area contributed by atoms with Gasteiger partial charge in [-0.05, 0) is 37.5 Å². The average molecular weight is 656 g/mol. The van der Waals surface area contributed by atoms with Crippen molar-refractivity contribution in [3.8, 4) is 0 Å². The highest BCUT2D eigenvalue weighted by atomic mass is 32.2. The molecule has 10 nitrogen and oxygen atoms in total. The lowest BCUT2D eigenvalue weighted by atomic mass is 9.71. The van der Waals surface area contributed by atoms with Crippen molar-refractivity contribution in [2.75, 3.05) is 26.0 Å². The molecule has 1 saturated heterocycles. The van der Waals surface area contributed by atoms with Crippen LogP contribution in [-0.4, -0.2) is 96.2 Å². The molecule has 0 bridgehead atoms. The number of quaternary nitrogens is 1. The van der Waals surface area contributed by atoms with Gasteiger partial charge in [-0.1, -0.05) is 38.2 Å². The van der Waals surface area contributed by atoms with Crippen molar-refractivity contribution in [3.63, 3.8) is 0 Å². The standard InChI is InChI=1S/C32H49N2O8S2/c1-41-27-14-15-28-25(20-27)11-13-26(33(28)17-5-6-19-43(35,36)37)22-31-34(18-7-10-32(34)44(38,39)40)29-21-24(12-16-30(29)42-31)23-8-3-2-4-9-23/h11,13,22-25,27,29-30,32H,2-10,12,14-21H2,1H3/q+1/p+2/b26-22+. The molecule has 3 heterocycles. The number of amides is 1. The predicted octanol–water partition coefficient (Wildman–Crippen LogP) is 4.39. The molecule has 0 aromatic carbocycles. The second-order valence-corrected chi connectivity index (χ2v) is 17.2. The van der Waals surface area contributed by atoms with Gasteiger partial charge in [0.05, 0.1) is 24.3 Å². The maximum absolute atomic E-state index is 13.0. The molecule has 7 atom stereocenters. The van der Waals surface area contributed by atoms with Crippen LogP contribution in [0.25, 0.3) is 0 Å². The Morgan fingerprint density at radius 2 is 1.77 bits per heavy atom. The highest BCUT2D eigenvalue weighted by Crippen LogP contribution is 2.48. The average Bonchev–Trinajstić information content (AvgIpc) is 3.58. The van der Waals surface area contributed by atoms with Crippen LogP contribution >= 0.6 is 0 Å². The number of nitrogens with zero attached hydrogens (tertiary/aromatic N) is 2. The van der Waals surface area contributed by atoms with E-state index in [1.54, 1.807) is 7.11 Å². The minimum absolute atomic E-state index is 0.00488. The Morgan fingerprint density at radius 3 is 2.50 bits per heavy atom. The third-order valence-electron chi connectivity index (χ3n) is 11.7. The van der Waals surface area contributed by atoms with Crippen LogP contribution in [0.3, 0.4) is 0 Å². The number of allylic oxidation sites excluding steroid dienone is 2. The summed E-state index contributed by atoms with van der Waals surface area (Å²) >= 11 is 0. The summed E-state index contributed by atoms with van der Waals surface area (Å²) in [4.78, 5) is 0. The minimum Gasteiger partial charge on any atom is -0.381 e. The monoisotopic (exact) mass is 655 g/mol. The van der Waals surface area contributed by atoms with E-state index in [9.17, 15) is 25.9 Å². The zero-order valence-electron chi connectivity index (χ0n) is 26.1. The zero-order chi connectivity index (χ0) is 31.1. The maximum atomic E-state index is 13.0. The van der Waals surface area contributed by atoms with Crippen molar-refractivity contribution < 1.29 is 44.2 Å². The quantitative estimate of drug-likeness (QED) is 0.0940. The Balaban J connectivity index is 1.35. The van der Waals surface area contributed by atoms with Crippen molar-refractivity contribution in [1.29, 1.82) is 0 Å². The summed E-state index contributed by atoms with van der Waals surface area (Å²) in [7, 11) is -6.61. The van der Waals surface area contributed by atoms with Gasteiger partial charge in [0.25, 0.3) is 10.1 Å². The van der Waals surface area contributed by atoms with E-state index in [0.717, 1.165) is 44.2 Å². The van der Waals surface area contributed by atoms with Gasteiger partial charge in [0.2, 0.25) is 11.1 Å². The molecule has 3 aliphatic carbocycles. The zero-order valence-corrected chi connectivity index (χ0v) is 27.7. The van der Waals surface area contributed by atoms with Crippen LogP contribution in [0.4, 0.5) is 0 Å². The molecule has 2 N–H and O–H groups in total. The molecular formula is C32H51N2O8S2+3. The molecule has 3 saturated carbocycles. The van der Waals surface area contributed by atoms with Gasteiger partial charge in [0.1, 0.15) is 6.54 Å². The van der Waals surface area contributed by atoms with Gasteiger partial charge in [-0.15, -0.1) is 0 Å². The number of rotatable bonds is 9. The van der Waals surface area contributed by atoms with Gasteiger partial charge in [0, 0.05) is 51.7 Å². The molecule has 1 spiro atoms. The number of unbranched alkanes of at least 4 members (excludes halogenated alkanes) is 1. The third-order valence-corrected chi connectivity index (χ3v) is 13.8. The summed E-state index contributed by atoms with van der Waals surface area (Å²) in [6, 6.07) is 0.00488. The molecule has 12 heteroatoms. The van der Waals surface area contributed by atoms with Crippen LogP contribution in [0, 0.1) is 17.8 Å². The first kappa shape index (κ1) is 32.5. The summed E-state index contributed by atoms with van der Waals surface area (Å²) in [5.41, 5.74) is 2.17. The topological polar surface area (TPSA) is 132 Å². The van der Waals surface area contributed by atoms with Crippen molar-refractivity contribution in [3.05, 3.63) is 23.9 Å². The van der Waals surface area contributed by atoms with Gasteiger partial charge >= 0.3 is 22.1 Å². The van der Waals surface area contributed by atoms with Gasteiger partial charge in [-0.3, -0.25) is 9.11 Å². The molecule has 0 radical (unpaired) electrons. The van der Waals surface area contributed by atoms with E-state index in [-0.39, 0.29) is 34.4 Å². The first-order chi connectivity index (χ1) is 21.0. The fourth-order valence-electron chi connectivity index (χ4n) is 9.62. The molecule has 0 aromatic heterocycles. The Morgan fingerprint density at radius 1 is 0.977 bits per heavy atom. The molecule has 3 aliphatic heterocycles. The molecule has 6 rings (SSSR count). The number of hydrogen-bond donors (Lipinski definition) is 2. The third kappa shape index (κ3) is 6.53. The Hall–Kier alpha value is -1.44. The maximum Gasteiger partial charge on any atom is 0.518 e. The fraction of sp³-hybridized carbons (Fsp3) is 0.812. The highest BCUT2D eigenvalue weighted by Gasteiger charge is 2.71. The molecule has 246 valence electrons. The lowest BCUT2D eigenvalue weighted by molar-refractivity contribution is -0.862. The number of ether oxygens (including phenoxy) is 1. The molecule has 44 heavy (non-hydrogen) atoms. The van der Waals surface area contributed by atoms with E-state index in [0.29, 0.717) is 56.5 Å². The largest absolute Gasteiger partial charge is 0.518 e. The van der Waals surface area contributed by atoms with Gasteiger partial charge in [-0.2, -0.15) is 30.3 Å². The molecule has 0 amide bonds. The lowest BCUT2D eigenvalue weighted by Gasteiger charge is -2.40. The van der Waals surface area contributed by atoms with Crippen molar-refractivity contribution in [1.82, 2.24) is 0 Å². The molecule has 7 unspecified atom stereocenters. The van der Waals surface area contributed by atoms with E-state index < -0.39 is 25.6 Å². The number of methoxy groups -OCH3 is 1. The van der Waals surface area contributed by atoms with Crippen LogP contribution in [-0.2, 0) is 29.4 Å². The molecule has 4 fully saturated rings. The Kier molecular flexibility index (Phi) is 9.59. The van der Waals surface area contributed by atoms with E-state index >= 15 is 0 Å². The van der Waals surface area contributed by atoms with E-state index in [2.05, 4.69) is 16.7 Å². The van der Waals surface area contributed by atoms with Crippen LogP contribution < -0.4 is 0 Å². The normalized spacial score (nSPS) is 37.4. The SMILES string of the molecule is COC1CCC2=[N+](CCCCS(=O)(=O)O)/C(=C/C3=[O+]C4CCC(C5CCCCC5)CC4[N+]34CCCC4S(=O)(=O)O)C=CC2C1. The van der Waals surface area contributed by atoms with Crippen molar-refractivity contribution >= 4 is 31.9 Å². The van der Waals surface area contributed by atoms with Crippen LogP contribution in [0.5, 0.6) is 0 Å². The number of fused-ring (bicyclic) bond motifs is 3. The lowest BCUT2D eigenvalue weighted by Crippen LogP contribution is -2.64. The smallest absolute Gasteiger partial charge is 0.381 e. The second kappa shape index (κ2) is 13.0. The Labute approximate surface area is 263 Å². The van der Waals surface area contributed by atoms with E-state index in [4.69, 9.17) is 9.16 Å². The fourth-order valence-corrected chi connectivity index (χ4v) is 11.5. The summed E-state index contributed by atoms with van der Waals surface area (Å²) in [5, 5.41) is -0.928. The number of hydrogen-bond acceptors (Lipinski definition) is 5. The van der Waals surface area contributed by atoms with Crippen molar-refractivity contribution in [2.45, 2.75) is 120 Å². The second-order valence-electron chi connectivity index (χ2n) is 14.1. The number of carbonyl (C=O) groups excluding carboxylic acids is 1. The predicted molar refractivity (Wildman–Crippen MR) is 167 cm³/mol. The molecule has 0 aromatic rings. The van der Waals surface area contributed by atoms with Crippen LogP contribution in [0.15, 0.2) is 23.9 Å². The first-order valence-electron chi connectivity index (χ1n) is 16.9. The van der Waals surface area contributed by atoms with Crippen LogP contribution in [0.1, 0.15) is 96.3 Å². The first-order valence-corrected chi connectivity index (χ1v) is 20.0. The van der Waals surface area contributed by atoms with E-state index in [1.807, 2.05) is 6.08 Å². The molecular weight excluding hydrogens is 604 g/mol. The Bertz CT molecular complexity index is 1430. The highest BCUT2D eigenvalue weighted by molar-refractivity contribution is 7.86. The van der Waals surface area contributed by atoms with Gasteiger partial charge in [0.15, 0.2) is 17.8 Å². The molecule has 6 aliphatic rings. The summed E-state index contributed by atoms with van der Waals surface area (Å²) in [5.74, 6) is 1.83. The van der Waals surface area contributed by atoms with E-state index in [1.165, 1.54) is 37.8 Å².